The van der Waals surface area contributed by atoms with Gasteiger partial charge < -0.3 is 15.0 Å². The van der Waals surface area contributed by atoms with Gasteiger partial charge in [-0.15, -0.1) is 0 Å². The Kier molecular flexibility index (Phi) is 3.47. The van der Waals surface area contributed by atoms with Gasteiger partial charge in [0.05, 0.1) is 18.9 Å². The predicted octanol–water partition coefficient (Wildman–Crippen LogP) is -1.13. The fourth-order valence-electron chi connectivity index (χ4n) is 1.72. The van der Waals surface area contributed by atoms with E-state index in [0.29, 0.717) is 25.4 Å². The number of aromatic nitrogens is 3. The maximum absolute atomic E-state index is 11.9. The number of likely N-dealkylation sites (N-methyl/N-ethyl adjacent to an activating group) is 1. The number of carbonyl (C=O) groups is 1. The summed E-state index contributed by atoms with van der Waals surface area (Å²) in [7, 11) is 1.86. The largest absolute Gasteiger partial charge is 0.373 e. The molecule has 0 spiro atoms. The molecule has 0 bridgehead atoms. The summed E-state index contributed by atoms with van der Waals surface area (Å²) in [6.45, 7) is 2.50. The number of nitrogens with zero attached hydrogens (tertiary/aromatic N) is 3. The van der Waals surface area contributed by atoms with Crippen molar-refractivity contribution in [1.82, 2.24) is 25.6 Å². The molecule has 2 rings (SSSR count). The molecule has 2 N–H and O–H groups in total. The molecule has 88 valence electrons. The number of amides is 1. The Morgan fingerprint density at radius 1 is 1.81 bits per heavy atom. The normalized spacial score (nSPS) is 21.1. The van der Waals surface area contributed by atoms with E-state index in [4.69, 9.17) is 4.74 Å². The van der Waals surface area contributed by atoms with Crippen LogP contribution in [-0.4, -0.2) is 65.6 Å². The summed E-state index contributed by atoms with van der Waals surface area (Å²) in [5, 5.41) is 12.9. The third-order valence-electron chi connectivity index (χ3n) is 2.49. The number of hydrogen-bond donors (Lipinski definition) is 2. The quantitative estimate of drug-likeness (QED) is 0.679. The van der Waals surface area contributed by atoms with Crippen molar-refractivity contribution in [1.29, 1.82) is 0 Å². The number of hydrogen-bond acceptors (Lipinski definition) is 5. The average Bonchev–Trinajstić information content (AvgIpc) is 2.82. The Labute approximate surface area is 93.2 Å². The van der Waals surface area contributed by atoms with Crippen LogP contribution < -0.4 is 5.32 Å². The van der Waals surface area contributed by atoms with E-state index in [-0.39, 0.29) is 12.0 Å². The van der Waals surface area contributed by atoms with Gasteiger partial charge in [0.15, 0.2) is 5.69 Å². The molecule has 0 radical (unpaired) electrons. The van der Waals surface area contributed by atoms with Gasteiger partial charge in [-0.25, -0.2) is 0 Å². The maximum atomic E-state index is 11.9. The molecule has 1 atom stereocenters. The molecule has 7 nitrogen and oxygen atoms in total. The molecule has 1 aromatic rings. The summed E-state index contributed by atoms with van der Waals surface area (Å²) in [6.07, 6.45) is 1.49. The van der Waals surface area contributed by atoms with Crippen LogP contribution in [0.5, 0.6) is 0 Å². The molecule has 0 saturated carbocycles. The monoisotopic (exact) mass is 225 g/mol. The van der Waals surface area contributed by atoms with Crippen molar-refractivity contribution in [2.45, 2.75) is 6.10 Å². The molecular formula is C9H15N5O2. The zero-order valence-electron chi connectivity index (χ0n) is 9.14. The van der Waals surface area contributed by atoms with Gasteiger partial charge in [0.25, 0.3) is 5.91 Å². The molecule has 0 aromatic carbocycles. The number of aromatic amines is 1. The first-order chi connectivity index (χ1) is 7.81. The van der Waals surface area contributed by atoms with Gasteiger partial charge in [-0.1, -0.05) is 0 Å². The van der Waals surface area contributed by atoms with Crippen molar-refractivity contribution in [3.63, 3.8) is 0 Å². The Morgan fingerprint density at radius 2 is 2.69 bits per heavy atom. The minimum absolute atomic E-state index is 0.0506. The van der Waals surface area contributed by atoms with Crippen LogP contribution in [-0.2, 0) is 4.74 Å². The zero-order chi connectivity index (χ0) is 11.4. The summed E-state index contributed by atoms with van der Waals surface area (Å²) in [4.78, 5) is 13.7. The fraction of sp³-hybridized carbons (Fsp3) is 0.667. The van der Waals surface area contributed by atoms with Crippen LogP contribution in [0, 0.1) is 0 Å². The SMILES string of the molecule is CNCC1CN(C(=O)c2cn[nH]n2)CCO1. The lowest BCUT2D eigenvalue weighted by Gasteiger charge is -2.32. The van der Waals surface area contributed by atoms with Crippen molar-refractivity contribution in [3.05, 3.63) is 11.9 Å². The second kappa shape index (κ2) is 5.04. The van der Waals surface area contributed by atoms with Crippen molar-refractivity contribution in [2.75, 3.05) is 33.3 Å². The minimum atomic E-state index is -0.0989. The molecular weight excluding hydrogens is 210 g/mol. The van der Waals surface area contributed by atoms with Crippen LogP contribution >= 0.6 is 0 Å². The van der Waals surface area contributed by atoms with Gasteiger partial charge in [-0.2, -0.15) is 15.4 Å². The third kappa shape index (κ3) is 2.37. The Morgan fingerprint density at radius 3 is 3.38 bits per heavy atom. The number of ether oxygens (including phenoxy) is 1. The van der Waals surface area contributed by atoms with Crippen molar-refractivity contribution in [3.8, 4) is 0 Å². The minimum Gasteiger partial charge on any atom is -0.373 e. The maximum Gasteiger partial charge on any atom is 0.276 e. The molecule has 2 heterocycles. The zero-order valence-corrected chi connectivity index (χ0v) is 9.14. The van der Waals surface area contributed by atoms with E-state index in [1.807, 2.05) is 7.05 Å². The highest BCUT2D eigenvalue weighted by Crippen LogP contribution is 2.07. The first kappa shape index (κ1) is 11.0. The summed E-state index contributed by atoms with van der Waals surface area (Å²) < 4.78 is 5.52. The van der Waals surface area contributed by atoms with Crippen LogP contribution in [0.4, 0.5) is 0 Å². The highest BCUT2D eigenvalue weighted by molar-refractivity contribution is 5.91. The van der Waals surface area contributed by atoms with E-state index in [1.165, 1.54) is 6.20 Å². The Hall–Kier alpha value is -1.47. The van der Waals surface area contributed by atoms with Crippen LogP contribution in [0.15, 0.2) is 6.20 Å². The lowest BCUT2D eigenvalue weighted by atomic mass is 10.2. The molecule has 16 heavy (non-hydrogen) atoms. The smallest absolute Gasteiger partial charge is 0.276 e. The van der Waals surface area contributed by atoms with Crippen LogP contribution in [0.2, 0.25) is 0 Å². The highest BCUT2D eigenvalue weighted by atomic mass is 16.5. The molecule has 1 aromatic heterocycles. The molecule has 1 aliphatic heterocycles. The summed E-state index contributed by atoms with van der Waals surface area (Å²) in [6, 6.07) is 0. The second-order valence-corrected chi connectivity index (χ2v) is 3.66. The molecule has 1 aliphatic rings. The van der Waals surface area contributed by atoms with E-state index in [1.54, 1.807) is 4.90 Å². The Balaban J connectivity index is 1.96. The predicted molar refractivity (Wildman–Crippen MR) is 56.0 cm³/mol. The molecule has 1 unspecified atom stereocenters. The standard InChI is InChI=1S/C9H15N5O2/c1-10-4-7-6-14(2-3-16-7)9(15)8-5-11-13-12-8/h5,7,10H,2-4,6H2,1H3,(H,11,12,13). The van der Waals surface area contributed by atoms with Gasteiger partial charge in [-0.05, 0) is 7.05 Å². The van der Waals surface area contributed by atoms with Gasteiger partial charge in [0.2, 0.25) is 0 Å². The molecule has 1 fully saturated rings. The molecule has 1 amide bonds. The lowest BCUT2D eigenvalue weighted by Crippen LogP contribution is -2.48. The van der Waals surface area contributed by atoms with E-state index in [9.17, 15) is 4.79 Å². The number of H-pyrrole nitrogens is 1. The van der Waals surface area contributed by atoms with Crippen LogP contribution in [0.3, 0.4) is 0 Å². The number of morpholine rings is 1. The van der Waals surface area contributed by atoms with Crippen LogP contribution in [0.25, 0.3) is 0 Å². The van der Waals surface area contributed by atoms with Crippen molar-refractivity contribution >= 4 is 5.91 Å². The number of rotatable bonds is 3. The van der Waals surface area contributed by atoms with Gasteiger partial charge in [0, 0.05) is 19.6 Å². The topological polar surface area (TPSA) is 83.1 Å². The van der Waals surface area contributed by atoms with Gasteiger partial charge >= 0.3 is 0 Å². The van der Waals surface area contributed by atoms with E-state index >= 15 is 0 Å². The van der Waals surface area contributed by atoms with E-state index in [2.05, 4.69) is 20.7 Å². The molecule has 7 heteroatoms. The van der Waals surface area contributed by atoms with Crippen molar-refractivity contribution in [2.24, 2.45) is 0 Å². The molecule has 1 saturated heterocycles. The summed E-state index contributed by atoms with van der Waals surface area (Å²) in [5.74, 6) is -0.0989. The highest BCUT2D eigenvalue weighted by Gasteiger charge is 2.25. The number of nitrogens with one attached hydrogen (secondary N) is 2. The van der Waals surface area contributed by atoms with Gasteiger partial charge in [-0.3, -0.25) is 4.79 Å². The first-order valence-electron chi connectivity index (χ1n) is 5.22. The van der Waals surface area contributed by atoms with E-state index in [0.717, 1.165) is 6.54 Å². The van der Waals surface area contributed by atoms with Crippen molar-refractivity contribution < 1.29 is 9.53 Å². The van der Waals surface area contributed by atoms with Gasteiger partial charge in [0.1, 0.15) is 0 Å². The Bertz CT molecular complexity index is 338. The average molecular weight is 225 g/mol. The summed E-state index contributed by atoms with van der Waals surface area (Å²) in [5.41, 5.74) is 0.352. The summed E-state index contributed by atoms with van der Waals surface area (Å²) >= 11 is 0. The lowest BCUT2D eigenvalue weighted by molar-refractivity contribution is -0.0198. The van der Waals surface area contributed by atoms with E-state index < -0.39 is 0 Å². The second-order valence-electron chi connectivity index (χ2n) is 3.66. The number of carbonyl (C=O) groups excluding carboxylic acids is 1. The van der Waals surface area contributed by atoms with Crippen LogP contribution in [0.1, 0.15) is 10.5 Å². The first-order valence-corrected chi connectivity index (χ1v) is 5.22. The third-order valence-corrected chi connectivity index (χ3v) is 2.49. The molecule has 0 aliphatic carbocycles. The fourth-order valence-corrected chi connectivity index (χ4v) is 1.72.